The van der Waals surface area contributed by atoms with Crippen LogP contribution >= 0.6 is 12.4 Å². The van der Waals surface area contributed by atoms with E-state index < -0.39 is 12.5 Å². The Balaban J connectivity index is 0.00000144. The van der Waals surface area contributed by atoms with Crippen LogP contribution in [0.5, 0.6) is 0 Å². The molecule has 0 amide bonds. The van der Waals surface area contributed by atoms with Crippen LogP contribution in [0.4, 0.5) is 8.78 Å². The van der Waals surface area contributed by atoms with Crippen molar-refractivity contribution in [2.45, 2.75) is 51.2 Å². The van der Waals surface area contributed by atoms with Gasteiger partial charge in [-0.05, 0) is 50.5 Å². The van der Waals surface area contributed by atoms with E-state index in [1.807, 2.05) is 0 Å². The molecule has 0 aromatic rings. The van der Waals surface area contributed by atoms with Gasteiger partial charge in [-0.15, -0.1) is 12.4 Å². The molecule has 2 nitrogen and oxygen atoms in total. The molecule has 17 heavy (non-hydrogen) atoms. The van der Waals surface area contributed by atoms with Crippen LogP contribution in [0.1, 0.15) is 32.6 Å². The van der Waals surface area contributed by atoms with Crippen LogP contribution in [0.3, 0.4) is 0 Å². The van der Waals surface area contributed by atoms with Gasteiger partial charge < -0.3 is 10.4 Å². The van der Waals surface area contributed by atoms with E-state index in [1.54, 1.807) is 0 Å². The normalized spacial score (nSPS) is 39.4. The van der Waals surface area contributed by atoms with Gasteiger partial charge in [-0.25, -0.2) is 8.78 Å². The quantitative estimate of drug-likeness (QED) is 0.807. The molecule has 1 heterocycles. The Morgan fingerprint density at radius 2 is 1.88 bits per heavy atom. The van der Waals surface area contributed by atoms with Crippen LogP contribution in [0.25, 0.3) is 0 Å². The van der Waals surface area contributed by atoms with E-state index in [0.717, 1.165) is 32.2 Å². The van der Waals surface area contributed by atoms with Crippen molar-refractivity contribution in [2.24, 2.45) is 17.8 Å². The Morgan fingerprint density at radius 1 is 1.18 bits per heavy atom. The van der Waals surface area contributed by atoms with E-state index in [-0.39, 0.29) is 24.2 Å². The Labute approximate surface area is 108 Å². The number of aliphatic hydroxyl groups is 1. The second-order valence-electron chi connectivity index (χ2n) is 5.28. The summed E-state index contributed by atoms with van der Waals surface area (Å²) in [6.45, 7) is 3.03. The van der Waals surface area contributed by atoms with Crippen molar-refractivity contribution < 1.29 is 13.9 Å². The average Bonchev–Trinajstić information content (AvgIpc) is 2.28. The summed E-state index contributed by atoms with van der Waals surface area (Å²) >= 11 is 0. The topological polar surface area (TPSA) is 32.3 Å². The molecule has 1 aliphatic carbocycles. The summed E-state index contributed by atoms with van der Waals surface area (Å²) in [4.78, 5) is 0. The standard InChI is InChI=1S/C12H21F2NO.ClH/c1-7-8-3-2-4-10(11(16)12(13)14)9(8)5-6-15-7;/h7-12,15-16H,2-6H2,1H3;1H/t7-,8+,9+,10+,11-;/m0./s1. The van der Waals surface area contributed by atoms with Crippen molar-refractivity contribution in [3.05, 3.63) is 0 Å². The molecule has 2 fully saturated rings. The Hall–Kier alpha value is 0.0700. The van der Waals surface area contributed by atoms with Crippen LogP contribution in [0.2, 0.25) is 0 Å². The van der Waals surface area contributed by atoms with Crippen molar-refractivity contribution in [3.8, 4) is 0 Å². The highest BCUT2D eigenvalue weighted by atomic mass is 35.5. The minimum absolute atomic E-state index is 0. The number of fused-ring (bicyclic) bond motifs is 1. The van der Waals surface area contributed by atoms with Crippen molar-refractivity contribution in [2.75, 3.05) is 6.54 Å². The number of rotatable bonds is 2. The zero-order valence-corrected chi connectivity index (χ0v) is 10.9. The minimum Gasteiger partial charge on any atom is -0.387 e. The number of hydrogen-bond acceptors (Lipinski definition) is 2. The summed E-state index contributed by atoms with van der Waals surface area (Å²) in [5.74, 6) is 0.568. The van der Waals surface area contributed by atoms with E-state index in [4.69, 9.17) is 0 Å². The monoisotopic (exact) mass is 269 g/mol. The number of alkyl halides is 2. The highest BCUT2D eigenvalue weighted by molar-refractivity contribution is 5.85. The maximum Gasteiger partial charge on any atom is 0.264 e. The predicted molar refractivity (Wildman–Crippen MR) is 65.7 cm³/mol. The van der Waals surface area contributed by atoms with Gasteiger partial charge in [0.1, 0.15) is 6.10 Å². The number of aliphatic hydroxyl groups excluding tert-OH is 1. The molecular formula is C12H22ClF2NO. The molecular weight excluding hydrogens is 248 g/mol. The number of piperidine rings is 1. The molecule has 0 spiro atoms. The molecule has 2 rings (SSSR count). The molecule has 0 radical (unpaired) electrons. The van der Waals surface area contributed by atoms with Crippen molar-refractivity contribution >= 4 is 12.4 Å². The van der Waals surface area contributed by atoms with Gasteiger partial charge in [0.05, 0.1) is 0 Å². The first kappa shape index (κ1) is 15.1. The average molecular weight is 270 g/mol. The van der Waals surface area contributed by atoms with E-state index in [0.29, 0.717) is 12.0 Å². The Bertz CT molecular complexity index is 241. The van der Waals surface area contributed by atoms with Gasteiger partial charge in [0.2, 0.25) is 0 Å². The lowest BCUT2D eigenvalue weighted by atomic mass is 9.65. The summed E-state index contributed by atoms with van der Waals surface area (Å²) in [5.41, 5.74) is 0. The maximum atomic E-state index is 12.6. The summed E-state index contributed by atoms with van der Waals surface area (Å²) in [7, 11) is 0. The van der Waals surface area contributed by atoms with Gasteiger partial charge in [-0.1, -0.05) is 6.42 Å². The molecule has 5 heteroatoms. The largest absolute Gasteiger partial charge is 0.387 e. The van der Waals surface area contributed by atoms with E-state index >= 15 is 0 Å². The van der Waals surface area contributed by atoms with Crippen molar-refractivity contribution in [1.82, 2.24) is 5.32 Å². The SMILES string of the molecule is C[C@@H]1NCC[C@H]2[C@H]([C@H](O)C(F)F)CCC[C@@H]21.Cl. The van der Waals surface area contributed by atoms with Gasteiger partial charge in [0, 0.05) is 6.04 Å². The van der Waals surface area contributed by atoms with Gasteiger partial charge in [-0.3, -0.25) is 0 Å². The molecule has 2 N–H and O–H groups in total. The smallest absolute Gasteiger partial charge is 0.264 e. The fourth-order valence-corrected chi connectivity index (χ4v) is 3.62. The fraction of sp³-hybridized carbons (Fsp3) is 1.00. The maximum absolute atomic E-state index is 12.6. The molecule has 0 bridgehead atoms. The molecule has 1 saturated heterocycles. The molecule has 1 saturated carbocycles. The molecule has 1 aliphatic heterocycles. The first-order valence-corrected chi connectivity index (χ1v) is 6.31. The minimum atomic E-state index is -2.59. The lowest BCUT2D eigenvalue weighted by molar-refractivity contribution is -0.0822. The Kier molecular flexibility index (Phi) is 5.61. The lowest BCUT2D eigenvalue weighted by Crippen LogP contribution is -2.51. The number of halogens is 3. The molecule has 0 aromatic carbocycles. The summed E-state index contributed by atoms with van der Waals surface area (Å²) in [6.07, 6.45) is -0.220. The fourth-order valence-electron chi connectivity index (χ4n) is 3.62. The van der Waals surface area contributed by atoms with Crippen molar-refractivity contribution in [1.29, 1.82) is 0 Å². The van der Waals surface area contributed by atoms with Crippen LogP contribution in [-0.2, 0) is 0 Å². The van der Waals surface area contributed by atoms with Gasteiger partial charge >= 0.3 is 0 Å². The van der Waals surface area contributed by atoms with Gasteiger partial charge in [-0.2, -0.15) is 0 Å². The summed E-state index contributed by atoms with van der Waals surface area (Å²) in [6, 6.07) is 0.409. The molecule has 0 unspecified atom stereocenters. The van der Waals surface area contributed by atoms with Crippen LogP contribution in [0, 0.1) is 17.8 Å². The van der Waals surface area contributed by atoms with Crippen LogP contribution in [0.15, 0.2) is 0 Å². The summed E-state index contributed by atoms with van der Waals surface area (Å²) in [5, 5.41) is 13.0. The van der Waals surface area contributed by atoms with E-state index in [1.165, 1.54) is 0 Å². The van der Waals surface area contributed by atoms with Gasteiger partial charge in [0.25, 0.3) is 6.43 Å². The molecule has 2 aliphatic rings. The number of hydrogen-bond donors (Lipinski definition) is 2. The lowest BCUT2D eigenvalue weighted by Gasteiger charge is -2.46. The first-order valence-electron chi connectivity index (χ1n) is 6.31. The first-order chi connectivity index (χ1) is 7.61. The third-order valence-corrected chi connectivity index (χ3v) is 4.46. The summed E-state index contributed by atoms with van der Waals surface area (Å²) < 4.78 is 25.2. The van der Waals surface area contributed by atoms with Crippen LogP contribution < -0.4 is 5.32 Å². The van der Waals surface area contributed by atoms with Crippen LogP contribution in [-0.4, -0.2) is 30.2 Å². The molecule has 102 valence electrons. The highest BCUT2D eigenvalue weighted by Gasteiger charge is 2.43. The second-order valence-corrected chi connectivity index (χ2v) is 5.28. The molecule has 5 atom stereocenters. The van der Waals surface area contributed by atoms with Crippen molar-refractivity contribution in [3.63, 3.8) is 0 Å². The molecule has 0 aromatic heterocycles. The third-order valence-electron chi connectivity index (χ3n) is 4.46. The second kappa shape index (κ2) is 6.30. The zero-order valence-electron chi connectivity index (χ0n) is 10.1. The van der Waals surface area contributed by atoms with E-state index in [2.05, 4.69) is 12.2 Å². The number of nitrogens with one attached hydrogen (secondary N) is 1. The van der Waals surface area contributed by atoms with E-state index in [9.17, 15) is 13.9 Å². The Morgan fingerprint density at radius 3 is 2.53 bits per heavy atom. The predicted octanol–water partition coefficient (Wildman–Crippen LogP) is 2.45. The van der Waals surface area contributed by atoms with Gasteiger partial charge in [0.15, 0.2) is 0 Å². The zero-order chi connectivity index (χ0) is 11.7. The third kappa shape index (κ3) is 3.09. The highest BCUT2D eigenvalue weighted by Crippen LogP contribution is 2.43.